The number of amides is 1. The number of methoxy groups -OCH3 is 1. The van der Waals surface area contributed by atoms with Gasteiger partial charge in [-0.3, -0.25) is 4.79 Å². The molecular weight excluding hydrogens is 535 g/mol. The molecule has 2 aliphatic carbocycles. The van der Waals surface area contributed by atoms with E-state index in [2.05, 4.69) is 49.6 Å². The minimum Gasteiger partial charge on any atom is -0.381 e. The Hall–Kier alpha value is -3.12. The average molecular weight is 574 g/mol. The molecule has 6 rings (SSSR count). The van der Waals surface area contributed by atoms with Crippen LogP contribution in [0.25, 0.3) is 0 Å². The first-order chi connectivity index (χ1) is 19.7. The summed E-state index contributed by atoms with van der Waals surface area (Å²) in [4.78, 5) is 27.5. The molecule has 1 aromatic heterocycles. The molecular formula is C29H38F3N7O2. The molecule has 3 atom stereocenters. The third kappa shape index (κ3) is 5.94. The van der Waals surface area contributed by atoms with Gasteiger partial charge in [0.05, 0.1) is 12.0 Å². The van der Waals surface area contributed by atoms with Crippen LogP contribution in [0.15, 0.2) is 24.4 Å². The molecule has 9 nitrogen and oxygen atoms in total. The van der Waals surface area contributed by atoms with Gasteiger partial charge in [0.1, 0.15) is 11.4 Å². The summed E-state index contributed by atoms with van der Waals surface area (Å²) in [6, 6.07) is 6.41. The Morgan fingerprint density at radius 2 is 1.90 bits per heavy atom. The number of halogens is 3. The number of nitrogens with zero attached hydrogens (tertiary/aromatic N) is 5. The second kappa shape index (κ2) is 11.3. The number of likely N-dealkylation sites (tertiary alicyclic amines) is 1. The van der Waals surface area contributed by atoms with Crippen molar-refractivity contribution < 1.29 is 22.7 Å². The zero-order valence-electron chi connectivity index (χ0n) is 23.6. The van der Waals surface area contributed by atoms with E-state index in [0.29, 0.717) is 18.9 Å². The minimum absolute atomic E-state index is 0.0217. The van der Waals surface area contributed by atoms with E-state index < -0.39 is 11.7 Å². The van der Waals surface area contributed by atoms with Gasteiger partial charge in [-0.15, -0.1) is 0 Å². The number of fused-ring (bicyclic) bond motifs is 2. The maximum absolute atomic E-state index is 13.8. The lowest BCUT2D eigenvalue weighted by molar-refractivity contribution is -0.139. The van der Waals surface area contributed by atoms with Crippen molar-refractivity contribution in [3.05, 3.63) is 35.5 Å². The Morgan fingerprint density at radius 1 is 1.12 bits per heavy atom. The van der Waals surface area contributed by atoms with Gasteiger partial charge in [0.25, 0.3) is 0 Å². The molecule has 41 heavy (non-hydrogen) atoms. The fourth-order valence-electron chi connectivity index (χ4n) is 6.45. The van der Waals surface area contributed by atoms with Gasteiger partial charge >= 0.3 is 6.18 Å². The molecule has 12 heteroatoms. The summed E-state index contributed by atoms with van der Waals surface area (Å²) in [5.41, 5.74) is 2.24. The Bertz CT molecular complexity index is 1260. The number of nitrogens with one attached hydrogen (secondary N) is 2. The number of anilines is 4. The number of alkyl halides is 3. The fourth-order valence-corrected chi connectivity index (χ4v) is 6.45. The van der Waals surface area contributed by atoms with Gasteiger partial charge in [-0.05, 0) is 68.8 Å². The van der Waals surface area contributed by atoms with Crippen molar-refractivity contribution in [2.75, 3.05) is 69.0 Å². The van der Waals surface area contributed by atoms with Gasteiger partial charge in [-0.1, -0.05) is 0 Å². The van der Waals surface area contributed by atoms with Gasteiger partial charge in [-0.2, -0.15) is 18.2 Å². The first-order valence-electron chi connectivity index (χ1n) is 14.6. The number of hydrogen-bond acceptors (Lipinski definition) is 8. The quantitative estimate of drug-likeness (QED) is 0.407. The van der Waals surface area contributed by atoms with Gasteiger partial charge in [-0.25, -0.2) is 4.98 Å². The first kappa shape index (κ1) is 28.0. The van der Waals surface area contributed by atoms with Crippen molar-refractivity contribution in [2.45, 2.75) is 56.3 Å². The number of hydrogen-bond donors (Lipinski definition) is 2. The van der Waals surface area contributed by atoms with Crippen molar-refractivity contribution in [3.63, 3.8) is 0 Å². The molecule has 3 heterocycles. The maximum atomic E-state index is 13.8. The van der Waals surface area contributed by atoms with E-state index in [0.717, 1.165) is 69.3 Å². The molecule has 4 fully saturated rings. The van der Waals surface area contributed by atoms with E-state index in [9.17, 15) is 18.0 Å². The van der Waals surface area contributed by atoms with Crippen LogP contribution < -0.4 is 15.5 Å². The van der Waals surface area contributed by atoms with Crippen molar-refractivity contribution in [3.8, 4) is 0 Å². The van der Waals surface area contributed by atoms with Gasteiger partial charge < -0.3 is 30.1 Å². The zero-order chi connectivity index (χ0) is 28.7. The Labute approximate surface area is 238 Å². The highest BCUT2D eigenvalue weighted by Crippen LogP contribution is 2.45. The van der Waals surface area contributed by atoms with E-state index in [1.807, 2.05) is 11.0 Å². The van der Waals surface area contributed by atoms with Gasteiger partial charge in [0, 0.05) is 70.0 Å². The molecule has 2 saturated heterocycles. The summed E-state index contributed by atoms with van der Waals surface area (Å²) in [7, 11) is 3.76. The number of carbonyl (C=O) groups excluding carboxylic acids is 1. The van der Waals surface area contributed by atoms with Crippen molar-refractivity contribution in [1.29, 1.82) is 0 Å². The predicted octanol–water partition coefficient (Wildman–Crippen LogP) is 4.31. The van der Waals surface area contributed by atoms with Gasteiger partial charge in [0.2, 0.25) is 11.9 Å². The molecule has 0 radical (unpaired) electrons. The summed E-state index contributed by atoms with van der Waals surface area (Å²) in [5, 5.41) is 6.07. The number of piperazine rings is 1. The third-order valence-corrected chi connectivity index (χ3v) is 8.95. The summed E-state index contributed by atoms with van der Waals surface area (Å²) in [6.45, 7) is 4.69. The van der Waals surface area contributed by atoms with Crippen LogP contribution in [-0.4, -0.2) is 91.2 Å². The van der Waals surface area contributed by atoms with Crippen LogP contribution in [-0.2, 0) is 15.7 Å². The molecule has 2 aliphatic heterocycles. The van der Waals surface area contributed by atoms with Crippen molar-refractivity contribution >= 4 is 29.0 Å². The van der Waals surface area contributed by atoms with E-state index in [-0.39, 0.29) is 42.3 Å². The number of aromatic nitrogens is 2. The van der Waals surface area contributed by atoms with Crippen LogP contribution in [0.2, 0.25) is 0 Å². The summed E-state index contributed by atoms with van der Waals surface area (Å²) in [5.74, 6) is 0.280. The minimum atomic E-state index is -4.59. The van der Waals surface area contributed by atoms with Crippen LogP contribution in [0, 0.1) is 5.92 Å². The Morgan fingerprint density at radius 3 is 2.59 bits per heavy atom. The summed E-state index contributed by atoms with van der Waals surface area (Å²) in [6.07, 6.45) is 0.526. The smallest absolute Gasteiger partial charge is 0.381 e. The van der Waals surface area contributed by atoms with Crippen LogP contribution in [0.5, 0.6) is 0 Å². The molecule has 1 aromatic carbocycles. The van der Waals surface area contributed by atoms with Crippen LogP contribution in [0.4, 0.5) is 36.3 Å². The standard InChI is InChI=1S/C29H38F3N7O2/c1-37-10-12-38(13-11-37)19-6-7-24(21(14-19)18-4-5-18)35-28-34-17-23(29(30,31)32)26(36-28)33-8-3-9-39-20-15-22(27(39)40)25(16-20)41-2/h6-7,14,17-18,20,22,25H,3-5,8-13,15-16H2,1-2H3,(H2,33,34,35,36)/t20-,22+,25-/m0/s1. The van der Waals surface area contributed by atoms with E-state index in [4.69, 9.17) is 4.74 Å². The fraction of sp³-hybridized carbons (Fsp3) is 0.621. The number of benzene rings is 1. The highest BCUT2D eigenvalue weighted by molar-refractivity contribution is 5.83. The lowest BCUT2D eigenvalue weighted by Gasteiger charge is -2.34. The molecule has 2 bridgehead atoms. The summed E-state index contributed by atoms with van der Waals surface area (Å²) >= 11 is 0. The molecule has 2 saturated carbocycles. The predicted molar refractivity (Wildman–Crippen MR) is 151 cm³/mol. The average Bonchev–Trinajstić information content (AvgIpc) is 3.64. The number of likely N-dealkylation sites (N-methyl/N-ethyl adjacent to an activating group) is 1. The first-order valence-corrected chi connectivity index (χ1v) is 14.6. The highest BCUT2D eigenvalue weighted by Gasteiger charge is 2.50. The topological polar surface area (TPSA) is 85.9 Å². The number of ether oxygens (including phenoxy) is 1. The SMILES string of the molecule is CO[C@H]1C[C@@H]2C[C@H]1C(=O)N2CCCNc1nc(Nc2ccc(N3CCN(C)CC3)cc2C2CC2)ncc1C(F)(F)F. The molecule has 1 amide bonds. The zero-order valence-corrected chi connectivity index (χ0v) is 23.6. The Balaban J connectivity index is 1.13. The summed E-state index contributed by atoms with van der Waals surface area (Å²) < 4.78 is 46.8. The molecule has 222 valence electrons. The maximum Gasteiger partial charge on any atom is 0.421 e. The third-order valence-electron chi connectivity index (χ3n) is 8.95. The Kier molecular flexibility index (Phi) is 7.71. The normalized spacial score (nSPS) is 24.8. The number of piperidine rings is 1. The second-order valence-corrected chi connectivity index (χ2v) is 11.7. The van der Waals surface area contributed by atoms with E-state index >= 15 is 0 Å². The second-order valence-electron chi connectivity index (χ2n) is 11.7. The van der Waals surface area contributed by atoms with Crippen LogP contribution >= 0.6 is 0 Å². The number of rotatable bonds is 10. The number of carbonyl (C=O) groups is 1. The monoisotopic (exact) mass is 573 g/mol. The molecule has 2 N–H and O–H groups in total. The lowest BCUT2D eigenvalue weighted by Crippen LogP contribution is -2.44. The highest BCUT2D eigenvalue weighted by atomic mass is 19.4. The van der Waals surface area contributed by atoms with Crippen LogP contribution in [0.3, 0.4) is 0 Å². The van der Waals surface area contributed by atoms with Crippen molar-refractivity contribution in [2.24, 2.45) is 5.92 Å². The van der Waals surface area contributed by atoms with Gasteiger partial charge in [0.15, 0.2) is 0 Å². The lowest BCUT2D eigenvalue weighted by atomic mass is 10.0. The molecule has 2 aromatic rings. The van der Waals surface area contributed by atoms with Crippen LogP contribution in [0.1, 0.15) is 49.1 Å². The van der Waals surface area contributed by atoms with E-state index in [1.54, 1.807) is 7.11 Å². The van der Waals surface area contributed by atoms with E-state index in [1.165, 1.54) is 5.69 Å². The largest absolute Gasteiger partial charge is 0.421 e. The molecule has 0 unspecified atom stereocenters. The van der Waals surface area contributed by atoms with Crippen molar-refractivity contribution in [1.82, 2.24) is 19.8 Å². The molecule has 0 spiro atoms. The molecule has 4 aliphatic rings.